The van der Waals surface area contributed by atoms with E-state index in [0.717, 1.165) is 16.8 Å². The molecule has 0 fully saturated rings. The van der Waals surface area contributed by atoms with Crippen LogP contribution in [0.4, 0.5) is 5.69 Å². The van der Waals surface area contributed by atoms with Gasteiger partial charge in [0.05, 0.1) is 13.0 Å². The van der Waals surface area contributed by atoms with E-state index in [1.54, 1.807) is 4.90 Å². The Balaban J connectivity index is 2.05. The number of carbonyl (C=O) groups is 2. The number of aryl methyl sites for hydroxylation is 1. The second-order valence-corrected chi connectivity index (χ2v) is 6.26. The average molecular weight is 323 g/mol. The summed E-state index contributed by atoms with van der Waals surface area (Å²) in [7, 11) is 1.40. The van der Waals surface area contributed by atoms with Gasteiger partial charge in [0.1, 0.15) is 0 Å². The van der Waals surface area contributed by atoms with Crippen molar-refractivity contribution in [3.05, 3.63) is 65.2 Å². The summed E-state index contributed by atoms with van der Waals surface area (Å²) in [4.78, 5) is 27.0. The Hall–Kier alpha value is -2.62. The summed E-state index contributed by atoms with van der Waals surface area (Å²) < 4.78 is 4.95. The van der Waals surface area contributed by atoms with Crippen LogP contribution in [0.1, 0.15) is 40.7 Å². The molecule has 24 heavy (non-hydrogen) atoms. The van der Waals surface area contributed by atoms with Crippen LogP contribution in [-0.4, -0.2) is 25.0 Å². The van der Waals surface area contributed by atoms with Gasteiger partial charge in [0, 0.05) is 17.3 Å². The number of nitrogens with zero attached hydrogens (tertiary/aromatic N) is 1. The van der Waals surface area contributed by atoms with Crippen molar-refractivity contribution in [3.8, 4) is 0 Å². The molecule has 4 heteroatoms. The third kappa shape index (κ3) is 2.80. The maximum Gasteiger partial charge on any atom is 0.313 e. The fraction of sp³-hybridized carbons (Fsp3) is 0.300. The lowest BCUT2D eigenvalue weighted by atomic mass is 9.85. The van der Waals surface area contributed by atoms with E-state index in [4.69, 9.17) is 4.74 Å². The molecule has 0 saturated carbocycles. The molecule has 0 aromatic heterocycles. The molecule has 0 bridgehead atoms. The van der Waals surface area contributed by atoms with Crippen molar-refractivity contribution in [1.29, 1.82) is 0 Å². The van der Waals surface area contributed by atoms with Gasteiger partial charge in [-0.25, -0.2) is 0 Å². The van der Waals surface area contributed by atoms with Crippen LogP contribution >= 0.6 is 0 Å². The van der Waals surface area contributed by atoms with Crippen LogP contribution in [0, 0.1) is 6.92 Å². The third-order valence-electron chi connectivity index (χ3n) is 4.56. The summed E-state index contributed by atoms with van der Waals surface area (Å²) in [6, 6.07) is 15.1. The molecule has 0 N–H and O–H groups in total. The van der Waals surface area contributed by atoms with Gasteiger partial charge < -0.3 is 9.64 Å². The quantitative estimate of drug-likeness (QED) is 0.792. The summed E-state index contributed by atoms with van der Waals surface area (Å²) in [6.07, 6.45) is 0.557. The molecule has 1 heterocycles. The lowest BCUT2D eigenvalue weighted by Crippen LogP contribution is -2.44. The smallest absolute Gasteiger partial charge is 0.313 e. The number of methoxy groups -OCH3 is 1. The van der Waals surface area contributed by atoms with Gasteiger partial charge in [0.15, 0.2) is 0 Å². The highest BCUT2D eigenvalue weighted by Gasteiger charge is 2.37. The highest BCUT2D eigenvalue weighted by Crippen LogP contribution is 2.39. The van der Waals surface area contributed by atoms with Crippen molar-refractivity contribution in [3.63, 3.8) is 0 Å². The van der Waals surface area contributed by atoms with Crippen LogP contribution in [0.3, 0.4) is 0 Å². The minimum Gasteiger partial charge on any atom is -0.469 e. The Labute approximate surface area is 142 Å². The van der Waals surface area contributed by atoms with E-state index >= 15 is 0 Å². The van der Waals surface area contributed by atoms with E-state index in [9.17, 15) is 9.59 Å². The number of rotatable bonds is 2. The number of esters is 1. The van der Waals surface area contributed by atoms with E-state index < -0.39 is 0 Å². The van der Waals surface area contributed by atoms with Gasteiger partial charge in [0.2, 0.25) is 0 Å². The second-order valence-electron chi connectivity index (χ2n) is 6.26. The standard InChI is InChI=1S/C20H21NO3/c1-13-7-6-8-15(11-13)19(22)21-14(2)12-17(20(23)24-3)16-9-4-5-10-18(16)21/h4-11,14,17H,12H2,1-3H3. The van der Waals surface area contributed by atoms with Gasteiger partial charge in [-0.1, -0.05) is 35.9 Å². The monoisotopic (exact) mass is 323 g/mol. The van der Waals surface area contributed by atoms with Gasteiger partial charge >= 0.3 is 5.97 Å². The van der Waals surface area contributed by atoms with Gasteiger partial charge in [0.25, 0.3) is 5.91 Å². The number of para-hydroxylation sites is 1. The van der Waals surface area contributed by atoms with Crippen LogP contribution in [0.5, 0.6) is 0 Å². The SMILES string of the molecule is COC(=O)C1CC(C)N(C(=O)c2cccc(C)c2)c2ccccc21. The summed E-state index contributed by atoms with van der Waals surface area (Å²) in [5, 5.41) is 0. The molecule has 0 saturated heterocycles. The first-order chi connectivity index (χ1) is 11.5. The molecule has 2 aromatic carbocycles. The number of benzene rings is 2. The Kier molecular flexibility index (Phi) is 4.38. The molecule has 0 spiro atoms. The molecule has 124 valence electrons. The number of hydrogen-bond donors (Lipinski definition) is 0. The molecular formula is C20H21NO3. The molecule has 1 amide bonds. The van der Waals surface area contributed by atoms with Crippen molar-refractivity contribution in [2.45, 2.75) is 32.2 Å². The maximum atomic E-state index is 13.1. The first-order valence-corrected chi connectivity index (χ1v) is 8.10. The largest absolute Gasteiger partial charge is 0.469 e. The first-order valence-electron chi connectivity index (χ1n) is 8.10. The van der Waals surface area contributed by atoms with Gasteiger partial charge in [-0.2, -0.15) is 0 Å². The van der Waals surface area contributed by atoms with Crippen molar-refractivity contribution in [2.24, 2.45) is 0 Å². The van der Waals surface area contributed by atoms with E-state index in [0.29, 0.717) is 12.0 Å². The van der Waals surface area contributed by atoms with Gasteiger partial charge in [-0.3, -0.25) is 9.59 Å². The zero-order chi connectivity index (χ0) is 17.3. The molecule has 2 unspecified atom stereocenters. The first kappa shape index (κ1) is 16.2. The maximum absolute atomic E-state index is 13.1. The van der Waals surface area contributed by atoms with Crippen LogP contribution < -0.4 is 4.90 Å². The predicted octanol–water partition coefficient (Wildman–Crippen LogP) is 3.69. The van der Waals surface area contributed by atoms with Crippen LogP contribution in [-0.2, 0) is 9.53 Å². The Morgan fingerprint density at radius 1 is 1.12 bits per heavy atom. The van der Waals surface area contributed by atoms with Crippen LogP contribution in [0.25, 0.3) is 0 Å². The number of hydrogen-bond acceptors (Lipinski definition) is 3. The van der Waals surface area contributed by atoms with Crippen LogP contribution in [0.2, 0.25) is 0 Å². The zero-order valence-electron chi connectivity index (χ0n) is 14.2. The molecule has 4 nitrogen and oxygen atoms in total. The Morgan fingerprint density at radius 2 is 1.88 bits per heavy atom. The zero-order valence-corrected chi connectivity index (χ0v) is 14.2. The number of anilines is 1. The summed E-state index contributed by atoms with van der Waals surface area (Å²) >= 11 is 0. The van der Waals surface area contributed by atoms with Crippen LogP contribution in [0.15, 0.2) is 48.5 Å². The van der Waals surface area contributed by atoms with Crippen molar-refractivity contribution >= 4 is 17.6 Å². The highest BCUT2D eigenvalue weighted by molar-refractivity contribution is 6.08. The molecule has 0 radical (unpaired) electrons. The van der Waals surface area contributed by atoms with E-state index in [-0.39, 0.29) is 23.8 Å². The minimum absolute atomic E-state index is 0.0398. The minimum atomic E-state index is -0.331. The average Bonchev–Trinajstić information content (AvgIpc) is 2.60. The second kappa shape index (κ2) is 6.48. The summed E-state index contributed by atoms with van der Waals surface area (Å²) in [5.74, 6) is -0.623. The van der Waals surface area contributed by atoms with E-state index in [2.05, 4.69) is 0 Å². The fourth-order valence-corrected chi connectivity index (χ4v) is 3.40. The molecule has 0 aliphatic carbocycles. The topological polar surface area (TPSA) is 46.6 Å². The van der Waals surface area contributed by atoms with Gasteiger partial charge in [-0.15, -0.1) is 0 Å². The number of amides is 1. The van der Waals surface area contributed by atoms with Crippen molar-refractivity contribution < 1.29 is 14.3 Å². The van der Waals surface area contributed by atoms with E-state index in [1.807, 2.05) is 62.4 Å². The summed E-state index contributed by atoms with van der Waals surface area (Å²) in [6.45, 7) is 3.94. The lowest BCUT2D eigenvalue weighted by Gasteiger charge is -2.38. The third-order valence-corrected chi connectivity index (χ3v) is 4.56. The van der Waals surface area contributed by atoms with Gasteiger partial charge in [-0.05, 0) is 44.0 Å². The van der Waals surface area contributed by atoms with Crippen molar-refractivity contribution in [1.82, 2.24) is 0 Å². The van der Waals surface area contributed by atoms with E-state index in [1.165, 1.54) is 7.11 Å². The molecule has 2 atom stereocenters. The highest BCUT2D eigenvalue weighted by atomic mass is 16.5. The predicted molar refractivity (Wildman–Crippen MR) is 93.3 cm³/mol. The molecule has 3 rings (SSSR count). The Morgan fingerprint density at radius 3 is 2.58 bits per heavy atom. The number of ether oxygens (including phenoxy) is 1. The van der Waals surface area contributed by atoms with Crippen molar-refractivity contribution in [2.75, 3.05) is 12.0 Å². The summed E-state index contributed by atoms with van der Waals surface area (Å²) in [5.41, 5.74) is 3.35. The molecule has 1 aliphatic rings. The molecular weight excluding hydrogens is 302 g/mol. The fourth-order valence-electron chi connectivity index (χ4n) is 3.40. The number of fused-ring (bicyclic) bond motifs is 1. The molecule has 2 aromatic rings. The lowest BCUT2D eigenvalue weighted by molar-refractivity contribution is -0.142. The number of carbonyl (C=O) groups excluding carboxylic acids is 2. The Bertz CT molecular complexity index is 784. The molecule has 1 aliphatic heterocycles. The normalized spacial score (nSPS) is 19.5.